The van der Waals surface area contributed by atoms with Crippen molar-refractivity contribution in [3.8, 4) is 17.2 Å². The number of halogens is 1. The summed E-state index contributed by atoms with van der Waals surface area (Å²) in [6.07, 6.45) is 1.22. The normalized spacial score (nSPS) is 10.7. The van der Waals surface area contributed by atoms with Crippen molar-refractivity contribution in [1.29, 1.82) is 0 Å². The topological polar surface area (TPSA) is 97.0 Å². The van der Waals surface area contributed by atoms with Crippen molar-refractivity contribution in [2.24, 2.45) is 4.99 Å². The van der Waals surface area contributed by atoms with Crippen LogP contribution in [0.4, 0.5) is 11.4 Å². The number of aliphatic imine (C=N–C) groups is 1. The van der Waals surface area contributed by atoms with E-state index in [4.69, 9.17) is 21.1 Å². The average molecular weight is 336 g/mol. The molecule has 0 bridgehead atoms. The smallest absolute Gasteiger partial charge is 0.263 e. The third kappa shape index (κ3) is 3.70. The SMILES string of the molecule is COc1ccc(N=Cc2cc(Cl)cc([N+](=O)[O-])c2[O-])cc1OC. The van der Waals surface area contributed by atoms with Gasteiger partial charge in [-0.3, -0.25) is 15.1 Å². The highest BCUT2D eigenvalue weighted by atomic mass is 35.5. The third-order valence-corrected chi connectivity index (χ3v) is 3.20. The Kier molecular flexibility index (Phi) is 5.02. The number of ether oxygens (including phenoxy) is 2. The molecule has 0 radical (unpaired) electrons. The van der Waals surface area contributed by atoms with Gasteiger partial charge < -0.3 is 14.6 Å². The van der Waals surface area contributed by atoms with Crippen LogP contribution in [-0.4, -0.2) is 25.4 Å². The van der Waals surface area contributed by atoms with E-state index >= 15 is 0 Å². The molecule has 0 N–H and O–H groups in total. The average Bonchev–Trinajstić information content (AvgIpc) is 2.54. The van der Waals surface area contributed by atoms with Gasteiger partial charge in [-0.25, -0.2) is 0 Å². The molecule has 0 unspecified atom stereocenters. The zero-order valence-electron chi connectivity index (χ0n) is 12.3. The van der Waals surface area contributed by atoms with Gasteiger partial charge in [0.2, 0.25) is 0 Å². The molecule has 0 aliphatic carbocycles. The molecule has 0 atom stereocenters. The van der Waals surface area contributed by atoms with Crippen LogP contribution in [0, 0.1) is 10.1 Å². The molecule has 0 aliphatic rings. The second-order valence-electron chi connectivity index (χ2n) is 4.40. The van der Waals surface area contributed by atoms with Crippen LogP contribution in [0.2, 0.25) is 5.02 Å². The fourth-order valence-electron chi connectivity index (χ4n) is 1.88. The first-order chi connectivity index (χ1) is 11.0. The number of benzene rings is 2. The quantitative estimate of drug-likeness (QED) is 0.475. The summed E-state index contributed by atoms with van der Waals surface area (Å²) in [5, 5.41) is 22.9. The maximum Gasteiger partial charge on any atom is 0.263 e. The molecule has 0 saturated heterocycles. The molecule has 120 valence electrons. The van der Waals surface area contributed by atoms with E-state index in [1.165, 1.54) is 26.5 Å². The van der Waals surface area contributed by atoms with Crippen LogP contribution >= 0.6 is 11.6 Å². The van der Waals surface area contributed by atoms with E-state index in [0.717, 1.165) is 6.07 Å². The monoisotopic (exact) mass is 335 g/mol. The Morgan fingerprint density at radius 1 is 1.17 bits per heavy atom. The fourth-order valence-corrected chi connectivity index (χ4v) is 2.10. The van der Waals surface area contributed by atoms with E-state index in [-0.39, 0.29) is 10.6 Å². The van der Waals surface area contributed by atoms with Crippen LogP contribution in [0.25, 0.3) is 0 Å². The lowest BCUT2D eigenvalue weighted by Crippen LogP contribution is -2.02. The zero-order chi connectivity index (χ0) is 17.0. The molecule has 0 amide bonds. The molecular formula is C15H12ClN2O5-. The fraction of sp³-hybridized carbons (Fsp3) is 0.133. The van der Waals surface area contributed by atoms with Crippen molar-refractivity contribution in [3.05, 3.63) is 51.0 Å². The van der Waals surface area contributed by atoms with E-state index in [2.05, 4.69) is 4.99 Å². The number of nitro groups is 1. The molecular weight excluding hydrogens is 324 g/mol. The summed E-state index contributed by atoms with van der Waals surface area (Å²) in [6.45, 7) is 0. The van der Waals surface area contributed by atoms with Crippen LogP contribution < -0.4 is 14.6 Å². The van der Waals surface area contributed by atoms with E-state index in [1.54, 1.807) is 18.2 Å². The van der Waals surface area contributed by atoms with Gasteiger partial charge in [0.25, 0.3) is 5.69 Å². The maximum absolute atomic E-state index is 12.0. The number of hydrogen-bond acceptors (Lipinski definition) is 6. The molecule has 0 saturated carbocycles. The van der Waals surface area contributed by atoms with Crippen LogP contribution in [0.3, 0.4) is 0 Å². The molecule has 0 spiro atoms. The third-order valence-electron chi connectivity index (χ3n) is 2.98. The Labute approximate surface area is 136 Å². The highest BCUT2D eigenvalue weighted by Crippen LogP contribution is 2.32. The highest BCUT2D eigenvalue weighted by molar-refractivity contribution is 6.31. The molecule has 2 aromatic rings. The maximum atomic E-state index is 12.0. The summed E-state index contributed by atoms with van der Waals surface area (Å²) in [7, 11) is 3.00. The predicted octanol–water partition coefficient (Wildman–Crippen LogP) is 3.09. The van der Waals surface area contributed by atoms with Crippen molar-refractivity contribution in [1.82, 2.24) is 0 Å². The number of methoxy groups -OCH3 is 2. The van der Waals surface area contributed by atoms with Crippen molar-refractivity contribution >= 4 is 29.2 Å². The number of nitro benzene ring substituents is 1. The number of rotatable bonds is 5. The van der Waals surface area contributed by atoms with Crippen molar-refractivity contribution in [3.63, 3.8) is 0 Å². The van der Waals surface area contributed by atoms with E-state index in [9.17, 15) is 15.2 Å². The van der Waals surface area contributed by atoms with Crippen LogP contribution in [0.5, 0.6) is 17.2 Å². The Bertz CT molecular complexity index is 777. The van der Waals surface area contributed by atoms with Gasteiger partial charge in [-0.2, -0.15) is 0 Å². The number of hydrogen-bond donors (Lipinski definition) is 0. The highest BCUT2D eigenvalue weighted by Gasteiger charge is 2.11. The first-order valence-electron chi connectivity index (χ1n) is 6.37. The zero-order valence-corrected chi connectivity index (χ0v) is 13.0. The molecule has 2 rings (SSSR count). The van der Waals surface area contributed by atoms with Crippen LogP contribution in [-0.2, 0) is 0 Å². The van der Waals surface area contributed by atoms with Crippen molar-refractivity contribution < 1.29 is 19.5 Å². The second-order valence-corrected chi connectivity index (χ2v) is 4.83. The largest absolute Gasteiger partial charge is 0.867 e. The lowest BCUT2D eigenvalue weighted by atomic mass is 10.2. The van der Waals surface area contributed by atoms with Gasteiger partial charge in [0.1, 0.15) is 0 Å². The van der Waals surface area contributed by atoms with Crippen LogP contribution in [0.15, 0.2) is 35.3 Å². The summed E-state index contributed by atoms with van der Waals surface area (Å²) < 4.78 is 10.3. The van der Waals surface area contributed by atoms with E-state index in [0.29, 0.717) is 17.2 Å². The molecule has 8 heteroatoms. The molecule has 2 aromatic carbocycles. The lowest BCUT2D eigenvalue weighted by Gasteiger charge is -2.11. The second kappa shape index (κ2) is 6.97. The number of nitrogens with zero attached hydrogens (tertiary/aromatic N) is 2. The van der Waals surface area contributed by atoms with Gasteiger partial charge in [0.15, 0.2) is 11.5 Å². The summed E-state index contributed by atoms with van der Waals surface area (Å²) in [4.78, 5) is 14.2. The summed E-state index contributed by atoms with van der Waals surface area (Å²) in [5.41, 5.74) is -0.0741. The van der Waals surface area contributed by atoms with Gasteiger partial charge in [-0.15, -0.1) is 0 Å². The standard InChI is InChI=1S/C15H13ClN2O5/c1-22-13-4-3-11(7-14(13)23-2)17-8-9-5-10(16)6-12(15(9)19)18(20)21/h3-8,19H,1-2H3/p-1. The van der Waals surface area contributed by atoms with E-state index < -0.39 is 16.4 Å². The molecule has 23 heavy (non-hydrogen) atoms. The van der Waals surface area contributed by atoms with Crippen LogP contribution in [0.1, 0.15) is 5.56 Å². The molecule has 0 fully saturated rings. The van der Waals surface area contributed by atoms with Crippen molar-refractivity contribution in [2.75, 3.05) is 14.2 Å². The van der Waals surface area contributed by atoms with Gasteiger partial charge >= 0.3 is 0 Å². The summed E-state index contributed by atoms with van der Waals surface area (Å²) in [5.74, 6) is 0.263. The Hall–Kier alpha value is -2.80. The Morgan fingerprint density at radius 3 is 2.48 bits per heavy atom. The molecule has 0 heterocycles. The van der Waals surface area contributed by atoms with Gasteiger partial charge in [-0.05, 0) is 29.5 Å². The van der Waals surface area contributed by atoms with Crippen molar-refractivity contribution in [2.45, 2.75) is 0 Å². The predicted molar refractivity (Wildman–Crippen MR) is 84.4 cm³/mol. The van der Waals surface area contributed by atoms with Gasteiger partial charge in [0, 0.05) is 23.4 Å². The molecule has 0 aromatic heterocycles. The van der Waals surface area contributed by atoms with Gasteiger partial charge in [0.05, 0.1) is 24.8 Å². The Morgan fingerprint density at radius 2 is 1.87 bits per heavy atom. The summed E-state index contributed by atoms with van der Waals surface area (Å²) in [6, 6.07) is 7.25. The minimum atomic E-state index is -0.776. The lowest BCUT2D eigenvalue weighted by molar-refractivity contribution is -0.398. The van der Waals surface area contributed by atoms with Gasteiger partial charge in [-0.1, -0.05) is 11.6 Å². The first-order valence-corrected chi connectivity index (χ1v) is 6.75. The minimum absolute atomic E-state index is 0.0268. The summed E-state index contributed by atoms with van der Waals surface area (Å²) >= 11 is 5.79. The molecule has 0 aliphatic heterocycles. The van der Waals surface area contributed by atoms with E-state index in [1.807, 2.05) is 0 Å². The first kappa shape index (κ1) is 16.6. The minimum Gasteiger partial charge on any atom is -0.867 e. The Balaban J connectivity index is 2.39. The molecule has 7 nitrogen and oxygen atoms in total.